The van der Waals surface area contributed by atoms with Gasteiger partial charge in [0.2, 0.25) is 0 Å². The highest BCUT2D eigenvalue weighted by Gasteiger charge is 2.06. The van der Waals surface area contributed by atoms with Crippen LogP contribution in [0.5, 0.6) is 5.75 Å². The number of ether oxygens (including phenoxy) is 1. The van der Waals surface area contributed by atoms with E-state index in [1.165, 1.54) is 18.2 Å². The number of nitriles is 1. The molecule has 0 saturated heterocycles. The Morgan fingerprint density at radius 1 is 1.22 bits per heavy atom. The number of halogens is 2. The number of hydrogen-bond donors (Lipinski definition) is 0. The summed E-state index contributed by atoms with van der Waals surface area (Å²) in [4.78, 5) is 0. The van der Waals surface area contributed by atoms with Crippen molar-refractivity contribution >= 4 is 11.6 Å². The third kappa shape index (κ3) is 2.79. The second-order valence-electron chi connectivity index (χ2n) is 3.63. The molecule has 0 aliphatic carbocycles. The molecule has 0 aliphatic rings. The number of para-hydroxylation sites is 1. The topological polar surface area (TPSA) is 33.0 Å². The van der Waals surface area contributed by atoms with Gasteiger partial charge in [0.05, 0.1) is 5.56 Å². The van der Waals surface area contributed by atoms with Gasteiger partial charge in [0.15, 0.2) is 0 Å². The van der Waals surface area contributed by atoms with Crippen LogP contribution in [0, 0.1) is 17.1 Å². The van der Waals surface area contributed by atoms with Gasteiger partial charge in [0, 0.05) is 10.6 Å². The molecule has 2 aromatic carbocycles. The minimum absolute atomic E-state index is 0.0328. The van der Waals surface area contributed by atoms with Gasteiger partial charge in [-0.3, -0.25) is 0 Å². The molecule has 0 aliphatic heterocycles. The molecular weight excluding hydrogens is 253 g/mol. The summed E-state index contributed by atoms with van der Waals surface area (Å²) >= 11 is 5.78. The molecule has 90 valence electrons. The molecule has 0 bridgehead atoms. The van der Waals surface area contributed by atoms with Crippen LogP contribution < -0.4 is 4.74 Å². The standard InChI is InChI=1S/C14H9ClFNO/c15-12-5-6-13(16)11(7-12)9-18-14-4-2-1-3-10(14)8-17/h1-7H,9H2. The third-order valence-electron chi connectivity index (χ3n) is 2.40. The third-order valence-corrected chi connectivity index (χ3v) is 2.63. The Bertz CT molecular complexity index is 607. The van der Waals surface area contributed by atoms with Gasteiger partial charge in [-0.1, -0.05) is 23.7 Å². The van der Waals surface area contributed by atoms with Crippen LogP contribution in [0.2, 0.25) is 5.02 Å². The number of nitrogens with zero attached hydrogens (tertiary/aromatic N) is 1. The first-order chi connectivity index (χ1) is 8.70. The van der Waals surface area contributed by atoms with Gasteiger partial charge in [-0.25, -0.2) is 4.39 Å². The van der Waals surface area contributed by atoms with Crippen molar-refractivity contribution in [3.05, 3.63) is 64.4 Å². The van der Waals surface area contributed by atoms with Crippen LogP contribution in [0.1, 0.15) is 11.1 Å². The molecule has 2 rings (SSSR count). The second kappa shape index (κ2) is 5.52. The Morgan fingerprint density at radius 2 is 2.00 bits per heavy atom. The van der Waals surface area contributed by atoms with Gasteiger partial charge >= 0.3 is 0 Å². The van der Waals surface area contributed by atoms with Gasteiger partial charge in [0.25, 0.3) is 0 Å². The fraction of sp³-hybridized carbons (Fsp3) is 0.0714. The SMILES string of the molecule is N#Cc1ccccc1OCc1cc(Cl)ccc1F. The molecule has 4 heteroatoms. The smallest absolute Gasteiger partial charge is 0.137 e. The monoisotopic (exact) mass is 261 g/mol. The van der Waals surface area contributed by atoms with E-state index < -0.39 is 0 Å². The normalized spacial score (nSPS) is 9.83. The molecule has 0 amide bonds. The zero-order valence-electron chi connectivity index (χ0n) is 9.36. The first-order valence-electron chi connectivity index (χ1n) is 5.26. The number of hydrogen-bond acceptors (Lipinski definition) is 2. The Kier molecular flexibility index (Phi) is 3.81. The summed E-state index contributed by atoms with van der Waals surface area (Å²) in [5, 5.41) is 9.34. The zero-order valence-corrected chi connectivity index (χ0v) is 10.1. The van der Waals surface area contributed by atoms with Gasteiger partial charge in [-0.2, -0.15) is 5.26 Å². The van der Waals surface area contributed by atoms with E-state index in [1.807, 2.05) is 6.07 Å². The zero-order chi connectivity index (χ0) is 13.0. The molecule has 2 nitrogen and oxygen atoms in total. The molecule has 0 saturated carbocycles. The Morgan fingerprint density at radius 3 is 2.78 bits per heavy atom. The van der Waals surface area contributed by atoms with Gasteiger partial charge in [-0.15, -0.1) is 0 Å². The lowest BCUT2D eigenvalue weighted by Gasteiger charge is -2.08. The van der Waals surface area contributed by atoms with E-state index >= 15 is 0 Å². The van der Waals surface area contributed by atoms with E-state index in [-0.39, 0.29) is 12.4 Å². The van der Waals surface area contributed by atoms with E-state index in [1.54, 1.807) is 24.3 Å². The van der Waals surface area contributed by atoms with E-state index in [0.29, 0.717) is 21.9 Å². The van der Waals surface area contributed by atoms with Crippen molar-refractivity contribution in [2.24, 2.45) is 0 Å². The maximum absolute atomic E-state index is 13.5. The maximum atomic E-state index is 13.5. The van der Waals surface area contributed by atoms with Crippen molar-refractivity contribution in [2.75, 3.05) is 0 Å². The largest absolute Gasteiger partial charge is 0.487 e. The van der Waals surface area contributed by atoms with Crippen LogP contribution in [-0.4, -0.2) is 0 Å². The van der Waals surface area contributed by atoms with E-state index in [0.717, 1.165) is 0 Å². The summed E-state index contributed by atoms with van der Waals surface area (Å²) in [7, 11) is 0. The van der Waals surface area contributed by atoms with Crippen molar-refractivity contribution < 1.29 is 9.13 Å². The van der Waals surface area contributed by atoms with Crippen molar-refractivity contribution in [3.8, 4) is 11.8 Å². The lowest BCUT2D eigenvalue weighted by atomic mass is 10.2. The highest BCUT2D eigenvalue weighted by atomic mass is 35.5. The molecule has 0 atom stereocenters. The van der Waals surface area contributed by atoms with Crippen molar-refractivity contribution in [1.29, 1.82) is 5.26 Å². The molecule has 18 heavy (non-hydrogen) atoms. The summed E-state index contributed by atoms with van der Waals surface area (Å²) in [6.45, 7) is 0.0328. The Balaban J connectivity index is 2.17. The summed E-state index contributed by atoms with van der Waals surface area (Å²) in [6.07, 6.45) is 0. The second-order valence-corrected chi connectivity index (χ2v) is 4.07. The van der Waals surface area contributed by atoms with E-state index in [2.05, 4.69) is 0 Å². The van der Waals surface area contributed by atoms with Crippen LogP contribution in [0.25, 0.3) is 0 Å². The molecule has 0 N–H and O–H groups in total. The first kappa shape index (κ1) is 12.4. The van der Waals surface area contributed by atoms with Gasteiger partial charge in [-0.05, 0) is 30.3 Å². The molecule has 0 aromatic heterocycles. The maximum Gasteiger partial charge on any atom is 0.137 e. The Labute approximate surface area is 109 Å². The summed E-state index contributed by atoms with van der Waals surface area (Å²) in [5.41, 5.74) is 0.773. The molecule has 2 aromatic rings. The quantitative estimate of drug-likeness (QED) is 0.839. The minimum atomic E-state index is -0.381. The molecule has 0 fully saturated rings. The van der Waals surface area contributed by atoms with Crippen LogP contribution in [0.3, 0.4) is 0 Å². The van der Waals surface area contributed by atoms with Gasteiger partial charge in [0.1, 0.15) is 24.2 Å². The first-order valence-corrected chi connectivity index (χ1v) is 5.64. The Hall–Kier alpha value is -2.05. The highest BCUT2D eigenvalue weighted by Crippen LogP contribution is 2.20. The van der Waals surface area contributed by atoms with Crippen molar-refractivity contribution in [1.82, 2.24) is 0 Å². The van der Waals surface area contributed by atoms with Crippen molar-refractivity contribution in [3.63, 3.8) is 0 Å². The molecule has 0 unspecified atom stereocenters. The molecule has 0 spiro atoms. The van der Waals surface area contributed by atoms with Crippen LogP contribution in [0.4, 0.5) is 4.39 Å². The molecule has 0 heterocycles. The lowest BCUT2D eigenvalue weighted by molar-refractivity contribution is 0.299. The van der Waals surface area contributed by atoms with E-state index in [4.69, 9.17) is 21.6 Å². The fourth-order valence-electron chi connectivity index (χ4n) is 1.49. The minimum Gasteiger partial charge on any atom is -0.487 e. The summed E-state index contributed by atoms with van der Waals surface area (Å²) in [5.74, 6) is 0.0493. The fourth-order valence-corrected chi connectivity index (χ4v) is 1.69. The number of benzene rings is 2. The average Bonchev–Trinajstić information content (AvgIpc) is 2.40. The van der Waals surface area contributed by atoms with E-state index in [9.17, 15) is 4.39 Å². The van der Waals surface area contributed by atoms with Crippen LogP contribution in [0.15, 0.2) is 42.5 Å². The summed E-state index contributed by atoms with van der Waals surface area (Å²) < 4.78 is 18.9. The van der Waals surface area contributed by atoms with Gasteiger partial charge < -0.3 is 4.74 Å². The lowest BCUT2D eigenvalue weighted by Crippen LogP contribution is -1.99. The van der Waals surface area contributed by atoms with Crippen LogP contribution >= 0.6 is 11.6 Å². The number of rotatable bonds is 3. The molecule has 0 radical (unpaired) electrons. The highest BCUT2D eigenvalue weighted by molar-refractivity contribution is 6.30. The predicted molar refractivity (Wildman–Crippen MR) is 66.9 cm³/mol. The van der Waals surface area contributed by atoms with Crippen molar-refractivity contribution in [2.45, 2.75) is 6.61 Å². The van der Waals surface area contributed by atoms with Crippen LogP contribution in [-0.2, 0) is 6.61 Å². The molecular formula is C14H9ClFNO. The predicted octanol–water partition coefficient (Wildman–Crippen LogP) is 3.93. The average molecular weight is 262 g/mol. The summed E-state index contributed by atoms with van der Waals surface area (Å²) in [6, 6.07) is 13.1.